The Kier molecular flexibility index (Phi) is 11.3. The minimum Gasteiger partial charge on any atom is -0.508 e. The summed E-state index contributed by atoms with van der Waals surface area (Å²) < 4.78 is 13.0. The van der Waals surface area contributed by atoms with E-state index in [4.69, 9.17) is 14.6 Å². The summed E-state index contributed by atoms with van der Waals surface area (Å²) in [5, 5.41) is 41.6. The maximum atomic E-state index is 11.9. The molecule has 1 saturated heterocycles. The molecule has 230 valence electrons. The van der Waals surface area contributed by atoms with Crippen LogP contribution in [-0.4, -0.2) is 63.4 Å². The van der Waals surface area contributed by atoms with Crippen molar-refractivity contribution in [3.8, 4) is 5.75 Å². The van der Waals surface area contributed by atoms with Crippen molar-refractivity contribution >= 4 is 11.9 Å². The van der Waals surface area contributed by atoms with Gasteiger partial charge in [0.25, 0.3) is 0 Å². The molecule has 1 aliphatic rings. The van der Waals surface area contributed by atoms with E-state index in [9.17, 15) is 24.9 Å². The Labute approximate surface area is 251 Å². The number of aliphatic hydroxyl groups is 2. The maximum absolute atomic E-state index is 11.9. The molecule has 5 atom stereocenters. The Morgan fingerprint density at radius 3 is 2.28 bits per heavy atom. The van der Waals surface area contributed by atoms with Crippen LogP contribution in [0.3, 0.4) is 0 Å². The van der Waals surface area contributed by atoms with Crippen molar-refractivity contribution in [2.24, 2.45) is 5.92 Å². The van der Waals surface area contributed by atoms with Crippen LogP contribution in [0.1, 0.15) is 66.1 Å². The lowest BCUT2D eigenvalue weighted by Gasteiger charge is -2.42. The van der Waals surface area contributed by atoms with Crippen molar-refractivity contribution in [1.29, 1.82) is 0 Å². The molecule has 5 N–H and O–H groups in total. The van der Waals surface area contributed by atoms with Crippen LogP contribution in [0.25, 0.3) is 0 Å². The number of nitrogens with one attached hydrogen (secondary N) is 1. The highest BCUT2D eigenvalue weighted by Crippen LogP contribution is 2.42. The van der Waals surface area contributed by atoms with Gasteiger partial charge in [-0.15, -0.1) is 0 Å². The predicted octanol–water partition coefficient (Wildman–Crippen LogP) is 3.82. The van der Waals surface area contributed by atoms with E-state index in [2.05, 4.69) is 12.2 Å². The van der Waals surface area contributed by atoms with E-state index in [1.165, 1.54) is 0 Å². The lowest BCUT2D eigenvalue weighted by atomic mass is 9.90. The lowest BCUT2D eigenvalue weighted by molar-refractivity contribution is -0.276. The fourth-order valence-electron chi connectivity index (χ4n) is 5.14. The summed E-state index contributed by atoms with van der Waals surface area (Å²) in [6.45, 7) is 3.15. The number of amides is 1. The van der Waals surface area contributed by atoms with Crippen LogP contribution in [0, 0.1) is 5.92 Å². The first-order valence-corrected chi connectivity index (χ1v) is 14.4. The van der Waals surface area contributed by atoms with Crippen molar-refractivity contribution in [3.63, 3.8) is 0 Å². The van der Waals surface area contributed by atoms with Gasteiger partial charge in [-0.05, 0) is 41.4 Å². The van der Waals surface area contributed by atoms with Crippen LogP contribution in [-0.2, 0) is 32.2 Å². The van der Waals surface area contributed by atoms with E-state index < -0.39 is 18.4 Å². The van der Waals surface area contributed by atoms with E-state index in [1.54, 1.807) is 24.3 Å². The molecule has 1 aliphatic heterocycles. The van der Waals surface area contributed by atoms with Gasteiger partial charge in [0.2, 0.25) is 5.91 Å². The molecule has 0 aliphatic carbocycles. The Hall–Kier alpha value is -3.80. The van der Waals surface area contributed by atoms with Gasteiger partial charge < -0.3 is 40.1 Å². The quantitative estimate of drug-likeness (QED) is 0.200. The third-order valence-electron chi connectivity index (χ3n) is 7.66. The number of aliphatic hydroxyl groups excluding tert-OH is 2. The topological polar surface area (TPSA) is 149 Å². The minimum absolute atomic E-state index is 0.0446. The highest BCUT2D eigenvalue weighted by Gasteiger charge is 2.39. The Bertz CT molecular complexity index is 1350. The molecule has 43 heavy (non-hydrogen) atoms. The number of likely N-dealkylation sites (N-methyl/N-ethyl adjacent to an activating group) is 1. The normalized spacial score (nSPS) is 21.0. The van der Waals surface area contributed by atoms with Gasteiger partial charge in [0.1, 0.15) is 5.75 Å². The predicted molar refractivity (Wildman–Crippen MR) is 159 cm³/mol. The molecule has 0 radical (unpaired) electrons. The van der Waals surface area contributed by atoms with Gasteiger partial charge in [0.05, 0.1) is 31.3 Å². The number of aromatic hydroxyl groups is 1. The van der Waals surface area contributed by atoms with Crippen molar-refractivity contribution < 1.29 is 39.5 Å². The van der Waals surface area contributed by atoms with Gasteiger partial charge >= 0.3 is 5.97 Å². The number of ether oxygens (including phenoxy) is 2. The summed E-state index contributed by atoms with van der Waals surface area (Å²) in [5.41, 5.74) is 4.06. The second-order valence-electron chi connectivity index (χ2n) is 11.1. The molecule has 1 heterocycles. The molecule has 1 fully saturated rings. The fraction of sp³-hybridized carbons (Fsp3) is 0.394. The maximum Gasteiger partial charge on any atom is 0.303 e. The van der Waals surface area contributed by atoms with Crippen LogP contribution in [0.15, 0.2) is 72.8 Å². The van der Waals surface area contributed by atoms with Crippen LogP contribution in [0.5, 0.6) is 5.75 Å². The molecule has 0 unspecified atom stereocenters. The van der Waals surface area contributed by atoms with Gasteiger partial charge in [-0.1, -0.05) is 67.6 Å². The number of benzene rings is 3. The number of carbonyl (C=O) groups is 2. The highest BCUT2D eigenvalue weighted by atomic mass is 16.7. The molecule has 0 spiro atoms. The number of carbonyl (C=O) groups excluding carboxylic acids is 1. The third kappa shape index (κ3) is 9.09. The monoisotopic (exact) mass is 592 g/mol. The average molecular weight is 593 g/mol. The SMILES string of the molecule is C[C@H]1[C@@H](CN(C)C[C@@H](O)c2cccc(O)c2)O[C@@H](c2ccc(CNC(=O)CCC(=O)O)cc2)O[C@H]1c1ccc(CO)cc1. The Morgan fingerprint density at radius 2 is 1.63 bits per heavy atom. The van der Waals surface area contributed by atoms with Gasteiger partial charge in [-0.2, -0.15) is 0 Å². The standard InChI is InChI=1S/C33H40N2O8/c1-21-29(19-35(2)18-28(38)26-4-3-5-27(37)16-26)42-33(43-32(21)24-10-8-23(20-36)9-11-24)25-12-6-22(7-13-25)17-34-30(39)14-15-31(40)41/h3-13,16,21,28-29,32-33,36-38H,14-15,17-20H2,1-2H3,(H,34,39)(H,40,41)/t21-,28+,29+,32+,33+/m0/s1. The first-order valence-electron chi connectivity index (χ1n) is 14.4. The van der Waals surface area contributed by atoms with Gasteiger partial charge in [0, 0.05) is 37.5 Å². The van der Waals surface area contributed by atoms with E-state index in [0.29, 0.717) is 18.7 Å². The zero-order chi connectivity index (χ0) is 30.9. The third-order valence-corrected chi connectivity index (χ3v) is 7.66. The molecule has 0 bridgehead atoms. The second-order valence-corrected chi connectivity index (χ2v) is 11.1. The van der Waals surface area contributed by atoms with Crippen molar-refractivity contribution in [3.05, 3.63) is 101 Å². The van der Waals surface area contributed by atoms with Crippen LogP contribution < -0.4 is 5.32 Å². The molecule has 4 rings (SSSR count). The number of phenols is 1. The lowest BCUT2D eigenvalue weighted by Crippen LogP contribution is -2.44. The number of hydrogen-bond acceptors (Lipinski definition) is 8. The van der Waals surface area contributed by atoms with E-state index in [1.807, 2.05) is 60.5 Å². The summed E-state index contributed by atoms with van der Waals surface area (Å²) >= 11 is 0. The molecule has 1 amide bonds. The molecule has 0 saturated carbocycles. The van der Waals surface area contributed by atoms with Gasteiger partial charge in [-0.3, -0.25) is 9.59 Å². The summed E-state index contributed by atoms with van der Waals surface area (Å²) in [6, 6.07) is 21.8. The number of phenolic OH excluding ortho intramolecular Hbond substituents is 1. The summed E-state index contributed by atoms with van der Waals surface area (Å²) in [6.07, 6.45) is -2.30. The first-order chi connectivity index (χ1) is 20.6. The number of aliphatic carboxylic acids is 1. The Morgan fingerprint density at radius 1 is 0.953 bits per heavy atom. The highest BCUT2D eigenvalue weighted by molar-refractivity contribution is 5.80. The van der Waals surface area contributed by atoms with Crippen molar-refractivity contribution in [2.75, 3.05) is 20.1 Å². The smallest absolute Gasteiger partial charge is 0.303 e. The zero-order valence-electron chi connectivity index (χ0n) is 24.4. The number of carboxylic acid groups (broad SMARTS) is 1. The van der Waals surface area contributed by atoms with E-state index >= 15 is 0 Å². The Balaban J connectivity index is 1.47. The average Bonchev–Trinajstić information content (AvgIpc) is 3.00. The molecule has 10 nitrogen and oxygen atoms in total. The van der Waals surface area contributed by atoms with Crippen LogP contribution in [0.4, 0.5) is 0 Å². The van der Waals surface area contributed by atoms with Crippen LogP contribution >= 0.6 is 0 Å². The summed E-state index contributed by atoms with van der Waals surface area (Å²) in [7, 11) is 1.91. The summed E-state index contributed by atoms with van der Waals surface area (Å²) in [5.74, 6) is -1.28. The molecule has 3 aromatic carbocycles. The fourth-order valence-corrected chi connectivity index (χ4v) is 5.14. The molecule has 3 aromatic rings. The van der Waals surface area contributed by atoms with E-state index in [-0.39, 0.29) is 55.8 Å². The van der Waals surface area contributed by atoms with Crippen molar-refractivity contribution in [2.45, 2.75) is 57.5 Å². The second kappa shape index (κ2) is 15.1. The minimum atomic E-state index is -1.01. The van der Waals surface area contributed by atoms with Gasteiger partial charge in [0.15, 0.2) is 6.29 Å². The largest absolute Gasteiger partial charge is 0.508 e. The van der Waals surface area contributed by atoms with Crippen molar-refractivity contribution in [1.82, 2.24) is 10.2 Å². The zero-order valence-corrected chi connectivity index (χ0v) is 24.4. The molecule has 0 aromatic heterocycles. The summed E-state index contributed by atoms with van der Waals surface area (Å²) in [4.78, 5) is 24.6. The molecule has 10 heteroatoms. The number of rotatable bonds is 13. The number of carboxylic acids is 1. The molecular weight excluding hydrogens is 552 g/mol. The van der Waals surface area contributed by atoms with Crippen LogP contribution in [0.2, 0.25) is 0 Å². The number of hydrogen-bond donors (Lipinski definition) is 5. The molecular formula is C33H40N2O8. The van der Waals surface area contributed by atoms with Gasteiger partial charge in [-0.25, -0.2) is 0 Å². The first kappa shape index (κ1) is 32.1. The van der Waals surface area contributed by atoms with E-state index in [0.717, 1.165) is 22.3 Å². The number of nitrogens with zero attached hydrogens (tertiary/aromatic N) is 1.